The number of aliphatic hydroxyl groups is 1. The van der Waals surface area contributed by atoms with E-state index in [9.17, 15) is 0 Å². The molecule has 0 amide bonds. The van der Waals surface area contributed by atoms with Crippen LogP contribution in [-0.4, -0.2) is 23.4 Å². The molecule has 2 fully saturated rings. The van der Waals surface area contributed by atoms with Crippen LogP contribution in [0.5, 0.6) is 0 Å². The predicted molar refractivity (Wildman–Crippen MR) is 46.9 cm³/mol. The van der Waals surface area contributed by atoms with E-state index in [1.165, 1.54) is 25.7 Å². The van der Waals surface area contributed by atoms with Crippen molar-refractivity contribution in [1.29, 1.82) is 0 Å². The van der Waals surface area contributed by atoms with E-state index in [0.29, 0.717) is 5.92 Å². The van der Waals surface area contributed by atoms with Crippen LogP contribution in [0.3, 0.4) is 0 Å². The predicted octanol–water partition coefficient (Wildman–Crippen LogP) is 1.72. The van der Waals surface area contributed by atoms with Crippen molar-refractivity contribution >= 4 is 0 Å². The highest BCUT2D eigenvalue weighted by Gasteiger charge is 2.46. The molecule has 70 valence electrons. The topological polar surface area (TPSA) is 29.5 Å². The summed E-state index contributed by atoms with van der Waals surface area (Å²) in [5.74, 6) is 0.703. The molecule has 1 N–H and O–H groups in total. The third-order valence-electron chi connectivity index (χ3n) is 3.63. The van der Waals surface area contributed by atoms with Gasteiger partial charge in [0.2, 0.25) is 0 Å². The first-order chi connectivity index (χ1) is 5.77. The molecule has 1 aliphatic carbocycles. The van der Waals surface area contributed by atoms with Gasteiger partial charge in [-0.2, -0.15) is 0 Å². The maximum Gasteiger partial charge on any atom is 0.0814 e. The second kappa shape index (κ2) is 3.00. The highest BCUT2D eigenvalue weighted by molar-refractivity contribution is 4.96. The van der Waals surface area contributed by atoms with Gasteiger partial charge in [0.1, 0.15) is 0 Å². The molecule has 2 rings (SSSR count). The zero-order chi connectivity index (χ0) is 8.60. The van der Waals surface area contributed by atoms with Crippen LogP contribution < -0.4 is 0 Å². The fourth-order valence-corrected chi connectivity index (χ4v) is 2.75. The summed E-state index contributed by atoms with van der Waals surface area (Å²) in [4.78, 5) is 0. The summed E-state index contributed by atoms with van der Waals surface area (Å²) in [6.07, 6.45) is 6.17. The van der Waals surface area contributed by atoms with E-state index >= 15 is 0 Å². The van der Waals surface area contributed by atoms with Crippen LogP contribution in [-0.2, 0) is 4.74 Å². The normalized spacial score (nSPS) is 47.5. The molecule has 0 unspecified atom stereocenters. The van der Waals surface area contributed by atoms with Crippen LogP contribution in [0.2, 0.25) is 0 Å². The Hall–Kier alpha value is -0.0800. The van der Waals surface area contributed by atoms with Gasteiger partial charge in [-0.25, -0.2) is 0 Å². The smallest absolute Gasteiger partial charge is 0.0814 e. The van der Waals surface area contributed by atoms with Gasteiger partial charge in [-0.05, 0) is 31.6 Å². The monoisotopic (exact) mass is 170 g/mol. The summed E-state index contributed by atoms with van der Waals surface area (Å²) in [6, 6.07) is 0. The Morgan fingerprint density at radius 1 is 1.42 bits per heavy atom. The van der Waals surface area contributed by atoms with Gasteiger partial charge in [-0.15, -0.1) is 0 Å². The first-order valence-corrected chi connectivity index (χ1v) is 5.05. The third kappa shape index (κ3) is 1.17. The molecule has 0 aromatic rings. The van der Waals surface area contributed by atoms with Gasteiger partial charge >= 0.3 is 0 Å². The third-order valence-corrected chi connectivity index (χ3v) is 3.63. The Kier molecular flexibility index (Phi) is 2.13. The molecule has 1 saturated carbocycles. The van der Waals surface area contributed by atoms with Crippen molar-refractivity contribution in [2.45, 2.75) is 50.7 Å². The van der Waals surface area contributed by atoms with Crippen molar-refractivity contribution in [3.05, 3.63) is 0 Å². The van der Waals surface area contributed by atoms with Crippen molar-refractivity contribution in [1.82, 2.24) is 0 Å². The highest BCUT2D eigenvalue weighted by Crippen LogP contribution is 2.46. The summed E-state index contributed by atoms with van der Waals surface area (Å²) in [5.41, 5.74) is 0.160. The lowest BCUT2D eigenvalue weighted by Gasteiger charge is -2.28. The number of hydrogen-bond acceptors (Lipinski definition) is 2. The second-order valence-corrected chi connectivity index (χ2v) is 4.32. The van der Waals surface area contributed by atoms with Crippen LogP contribution in [0.1, 0.15) is 39.0 Å². The van der Waals surface area contributed by atoms with Crippen LogP contribution in [0.15, 0.2) is 0 Å². The molecule has 2 heteroatoms. The van der Waals surface area contributed by atoms with E-state index < -0.39 is 0 Å². The average Bonchev–Trinajstić information content (AvgIpc) is 2.63. The molecule has 0 aromatic heterocycles. The van der Waals surface area contributed by atoms with Gasteiger partial charge in [0, 0.05) is 0 Å². The largest absolute Gasteiger partial charge is 0.394 e. The molecule has 2 aliphatic rings. The van der Waals surface area contributed by atoms with Gasteiger partial charge in [-0.1, -0.05) is 13.3 Å². The van der Waals surface area contributed by atoms with Crippen molar-refractivity contribution < 1.29 is 9.84 Å². The molecule has 1 heterocycles. The molecule has 1 spiro atoms. The lowest BCUT2D eigenvalue weighted by molar-refractivity contribution is -0.0764. The Balaban J connectivity index is 2.04. The van der Waals surface area contributed by atoms with Gasteiger partial charge in [0.15, 0.2) is 0 Å². The average molecular weight is 170 g/mol. The fourth-order valence-electron chi connectivity index (χ4n) is 2.75. The minimum Gasteiger partial charge on any atom is -0.394 e. The molecule has 12 heavy (non-hydrogen) atoms. The van der Waals surface area contributed by atoms with Crippen LogP contribution in [0.4, 0.5) is 0 Å². The maximum atomic E-state index is 8.97. The molecule has 3 atom stereocenters. The SMILES string of the molecule is C[C@@H]1CCC[C@@]12CC[C@H](CO)O2. The molecular weight excluding hydrogens is 152 g/mol. The number of hydrogen-bond donors (Lipinski definition) is 1. The Morgan fingerprint density at radius 3 is 2.75 bits per heavy atom. The molecule has 1 saturated heterocycles. The molecular formula is C10H18O2. The lowest BCUT2D eigenvalue weighted by Crippen LogP contribution is -2.32. The first kappa shape index (κ1) is 8.52. The van der Waals surface area contributed by atoms with Gasteiger partial charge in [0.25, 0.3) is 0 Å². The summed E-state index contributed by atoms with van der Waals surface area (Å²) in [7, 11) is 0. The zero-order valence-corrected chi connectivity index (χ0v) is 7.75. The highest BCUT2D eigenvalue weighted by atomic mass is 16.5. The van der Waals surface area contributed by atoms with Crippen molar-refractivity contribution in [2.24, 2.45) is 5.92 Å². The van der Waals surface area contributed by atoms with E-state index in [0.717, 1.165) is 6.42 Å². The molecule has 0 bridgehead atoms. The summed E-state index contributed by atoms with van der Waals surface area (Å²) in [5, 5.41) is 8.97. The zero-order valence-electron chi connectivity index (χ0n) is 7.75. The van der Waals surface area contributed by atoms with Gasteiger partial charge < -0.3 is 9.84 Å². The van der Waals surface area contributed by atoms with E-state index in [2.05, 4.69) is 6.92 Å². The molecule has 2 nitrogen and oxygen atoms in total. The van der Waals surface area contributed by atoms with Crippen LogP contribution in [0, 0.1) is 5.92 Å². The Labute approximate surface area is 73.9 Å². The van der Waals surface area contributed by atoms with Crippen molar-refractivity contribution in [2.75, 3.05) is 6.61 Å². The van der Waals surface area contributed by atoms with E-state index in [4.69, 9.17) is 9.84 Å². The molecule has 1 aliphatic heterocycles. The minimum atomic E-state index is 0.130. The van der Waals surface area contributed by atoms with E-state index in [-0.39, 0.29) is 18.3 Å². The van der Waals surface area contributed by atoms with Crippen LogP contribution in [0.25, 0.3) is 0 Å². The maximum absolute atomic E-state index is 8.97. The fraction of sp³-hybridized carbons (Fsp3) is 1.00. The molecule has 0 radical (unpaired) electrons. The summed E-state index contributed by atoms with van der Waals surface area (Å²) < 4.78 is 5.92. The lowest BCUT2D eigenvalue weighted by atomic mass is 9.89. The van der Waals surface area contributed by atoms with Gasteiger partial charge in [-0.3, -0.25) is 0 Å². The number of aliphatic hydroxyl groups excluding tert-OH is 1. The van der Waals surface area contributed by atoms with Crippen LogP contribution >= 0.6 is 0 Å². The first-order valence-electron chi connectivity index (χ1n) is 5.05. The summed E-state index contributed by atoms with van der Waals surface area (Å²) in [6.45, 7) is 2.49. The second-order valence-electron chi connectivity index (χ2n) is 4.32. The van der Waals surface area contributed by atoms with Crippen molar-refractivity contribution in [3.8, 4) is 0 Å². The van der Waals surface area contributed by atoms with E-state index in [1.807, 2.05) is 0 Å². The Bertz CT molecular complexity index is 169. The minimum absolute atomic E-state index is 0.130. The quantitative estimate of drug-likeness (QED) is 0.649. The number of ether oxygens (including phenoxy) is 1. The molecule has 0 aromatic carbocycles. The van der Waals surface area contributed by atoms with Crippen molar-refractivity contribution in [3.63, 3.8) is 0 Å². The standard InChI is InChI=1S/C10H18O2/c1-8-3-2-5-10(8)6-4-9(7-11)12-10/h8-9,11H,2-7H2,1H3/t8-,9-,10-/m1/s1. The van der Waals surface area contributed by atoms with Gasteiger partial charge in [0.05, 0.1) is 18.3 Å². The summed E-state index contributed by atoms with van der Waals surface area (Å²) >= 11 is 0. The Morgan fingerprint density at radius 2 is 2.25 bits per heavy atom. The van der Waals surface area contributed by atoms with E-state index in [1.54, 1.807) is 0 Å². The number of rotatable bonds is 1.